The second-order valence-electron chi connectivity index (χ2n) is 6.85. The molecular weight excluding hydrogens is 384 g/mol. The van der Waals surface area contributed by atoms with Crippen LogP contribution in [0.2, 0.25) is 0 Å². The lowest BCUT2D eigenvalue weighted by molar-refractivity contribution is 1.50. The zero-order valence-corrected chi connectivity index (χ0v) is 20.4. The Morgan fingerprint density at radius 3 is 1.50 bits per heavy atom. The van der Waals surface area contributed by atoms with E-state index in [0.717, 1.165) is 0 Å². The summed E-state index contributed by atoms with van der Waals surface area (Å²) in [6.45, 7) is 12.1. The largest absolute Gasteiger partial charge is 0.0876 e. The summed E-state index contributed by atoms with van der Waals surface area (Å²) in [6.07, 6.45) is 10.7. The van der Waals surface area contributed by atoms with Gasteiger partial charge in [-0.05, 0) is 57.7 Å². The average Bonchev–Trinajstić information content (AvgIpc) is 2.88. The first kappa shape index (κ1) is 24.9. The second-order valence-corrected chi connectivity index (χ2v) is 6.85. The van der Waals surface area contributed by atoms with Gasteiger partial charge in [0.15, 0.2) is 0 Å². The van der Waals surface area contributed by atoms with Crippen molar-refractivity contribution in [1.82, 2.24) is 0 Å². The molecular formula is C32H36. The fourth-order valence-corrected chi connectivity index (χ4v) is 3.96. The molecule has 0 bridgehead atoms. The molecule has 4 rings (SSSR count). The van der Waals surface area contributed by atoms with Crippen LogP contribution >= 0.6 is 0 Å². The molecule has 164 valence electrons. The SMILES string of the molecule is CC.CC.C\C=C/C=C(\C=C/C)c1c2ccccc2c(-c2ccccc2)c2ccccc12. The van der Waals surface area contributed by atoms with Crippen LogP contribution in [0.5, 0.6) is 0 Å². The lowest BCUT2D eigenvalue weighted by Gasteiger charge is -2.18. The standard InChI is InChI=1S/C28H24.2C2H6/c1-3-5-14-21(13-4-2)27-23-17-9-11-19-25(23)28(22-15-7-6-8-16-22)26-20-12-10-18-24(26)27;2*1-2/h3-20H,1-2H3;2*1-2H3/b5-3-,13-4-,21-14+;;. The molecule has 32 heavy (non-hydrogen) atoms. The van der Waals surface area contributed by atoms with Gasteiger partial charge in [-0.3, -0.25) is 0 Å². The molecule has 0 heterocycles. The van der Waals surface area contributed by atoms with Crippen LogP contribution in [-0.4, -0.2) is 0 Å². The third-order valence-electron chi connectivity index (χ3n) is 5.10. The van der Waals surface area contributed by atoms with Gasteiger partial charge in [0, 0.05) is 0 Å². The fraction of sp³-hybridized carbons (Fsp3) is 0.188. The molecule has 0 saturated heterocycles. The summed E-state index contributed by atoms with van der Waals surface area (Å²) in [7, 11) is 0. The Kier molecular flexibility index (Phi) is 10.2. The Morgan fingerprint density at radius 1 is 0.562 bits per heavy atom. The summed E-state index contributed by atoms with van der Waals surface area (Å²) in [5, 5.41) is 5.15. The van der Waals surface area contributed by atoms with Crippen molar-refractivity contribution in [2.75, 3.05) is 0 Å². The maximum absolute atomic E-state index is 2.25. The van der Waals surface area contributed by atoms with E-state index >= 15 is 0 Å². The van der Waals surface area contributed by atoms with Crippen molar-refractivity contribution >= 4 is 27.1 Å². The van der Waals surface area contributed by atoms with Gasteiger partial charge >= 0.3 is 0 Å². The van der Waals surface area contributed by atoms with Crippen LogP contribution in [0.3, 0.4) is 0 Å². The highest BCUT2D eigenvalue weighted by atomic mass is 14.2. The van der Waals surface area contributed by atoms with E-state index in [-0.39, 0.29) is 0 Å². The summed E-state index contributed by atoms with van der Waals surface area (Å²) in [6, 6.07) is 28.3. The molecule has 0 aromatic heterocycles. The number of benzene rings is 4. The van der Waals surface area contributed by atoms with Gasteiger partial charge in [-0.25, -0.2) is 0 Å². The molecule has 4 aromatic carbocycles. The zero-order chi connectivity index (χ0) is 23.3. The van der Waals surface area contributed by atoms with Crippen molar-refractivity contribution in [3.63, 3.8) is 0 Å². The zero-order valence-electron chi connectivity index (χ0n) is 20.4. The second kappa shape index (κ2) is 13.1. The van der Waals surface area contributed by atoms with Crippen molar-refractivity contribution in [3.8, 4) is 11.1 Å². The minimum Gasteiger partial charge on any atom is -0.0876 e. The summed E-state index contributed by atoms with van der Waals surface area (Å²) in [4.78, 5) is 0. The summed E-state index contributed by atoms with van der Waals surface area (Å²) < 4.78 is 0. The molecule has 0 aliphatic rings. The number of fused-ring (bicyclic) bond motifs is 2. The van der Waals surface area contributed by atoms with Crippen molar-refractivity contribution in [2.45, 2.75) is 41.5 Å². The van der Waals surface area contributed by atoms with Gasteiger partial charge < -0.3 is 0 Å². The molecule has 0 aliphatic heterocycles. The van der Waals surface area contributed by atoms with Gasteiger partial charge in [0.05, 0.1) is 0 Å². The maximum atomic E-state index is 2.25. The topological polar surface area (TPSA) is 0 Å². The molecule has 0 N–H and O–H groups in total. The van der Waals surface area contributed by atoms with E-state index in [9.17, 15) is 0 Å². The highest BCUT2D eigenvalue weighted by Gasteiger charge is 2.16. The summed E-state index contributed by atoms with van der Waals surface area (Å²) >= 11 is 0. The minimum atomic E-state index is 1.23. The molecule has 4 aromatic rings. The monoisotopic (exact) mass is 420 g/mol. The highest BCUT2D eigenvalue weighted by Crippen LogP contribution is 2.41. The molecule has 0 spiro atoms. The Bertz CT molecular complexity index is 1150. The normalized spacial score (nSPS) is 11.4. The summed E-state index contributed by atoms with van der Waals surface area (Å²) in [5.41, 5.74) is 5.09. The third-order valence-corrected chi connectivity index (χ3v) is 5.10. The molecule has 0 radical (unpaired) electrons. The van der Waals surface area contributed by atoms with Gasteiger partial charge in [-0.1, -0.05) is 137 Å². The van der Waals surface area contributed by atoms with Crippen molar-refractivity contribution < 1.29 is 0 Å². The molecule has 0 atom stereocenters. The first-order valence-corrected chi connectivity index (χ1v) is 11.8. The molecule has 0 fully saturated rings. The predicted octanol–water partition coefficient (Wildman–Crippen LogP) is 10.2. The Labute approximate surface area is 194 Å². The number of hydrogen-bond acceptors (Lipinski definition) is 0. The maximum Gasteiger partial charge on any atom is -0.00264 e. The fourth-order valence-electron chi connectivity index (χ4n) is 3.96. The molecule has 0 nitrogen and oxygen atoms in total. The van der Waals surface area contributed by atoms with E-state index in [1.165, 1.54) is 43.8 Å². The number of allylic oxidation sites excluding steroid dienone is 6. The van der Waals surface area contributed by atoms with Crippen molar-refractivity contribution in [1.29, 1.82) is 0 Å². The Morgan fingerprint density at radius 2 is 1.03 bits per heavy atom. The van der Waals surface area contributed by atoms with Crippen LogP contribution in [0.1, 0.15) is 47.1 Å². The van der Waals surface area contributed by atoms with E-state index in [4.69, 9.17) is 0 Å². The van der Waals surface area contributed by atoms with Gasteiger partial charge in [0.25, 0.3) is 0 Å². The quantitative estimate of drug-likeness (QED) is 0.227. The minimum absolute atomic E-state index is 1.23. The van der Waals surface area contributed by atoms with E-state index in [0.29, 0.717) is 0 Å². The van der Waals surface area contributed by atoms with E-state index in [1.54, 1.807) is 0 Å². The lowest BCUT2D eigenvalue weighted by atomic mass is 9.85. The number of hydrogen-bond donors (Lipinski definition) is 0. The first-order valence-electron chi connectivity index (χ1n) is 11.8. The van der Waals surface area contributed by atoms with Gasteiger partial charge in [-0.15, -0.1) is 0 Å². The molecule has 0 unspecified atom stereocenters. The number of rotatable bonds is 4. The van der Waals surface area contributed by atoms with Gasteiger partial charge in [0.2, 0.25) is 0 Å². The van der Waals surface area contributed by atoms with Crippen LogP contribution in [0.15, 0.2) is 109 Å². The van der Waals surface area contributed by atoms with E-state index in [1.807, 2.05) is 27.7 Å². The predicted molar refractivity (Wildman–Crippen MR) is 147 cm³/mol. The van der Waals surface area contributed by atoms with Crippen LogP contribution in [0.25, 0.3) is 38.2 Å². The molecule has 0 aliphatic carbocycles. The smallest absolute Gasteiger partial charge is 0.00264 e. The van der Waals surface area contributed by atoms with E-state index in [2.05, 4.69) is 123 Å². The first-order chi connectivity index (χ1) is 15.8. The lowest BCUT2D eigenvalue weighted by Crippen LogP contribution is -1.92. The van der Waals surface area contributed by atoms with Crippen LogP contribution in [0, 0.1) is 0 Å². The van der Waals surface area contributed by atoms with Crippen molar-refractivity contribution in [3.05, 3.63) is 115 Å². The van der Waals surface area contributed by atoms with Gasteiger partial charge in [-0.2, -0.15) is 0 Å². The van der Waals surface area contributed by atoms with E-state index < -0.39 is 0 Å². The average molecular weight is 421 g/mol. The Balaban J connectivity index is 0.000000860. The van der Waals surface area contributed by atoms with Crippen LogP contribution in [-0.2, 0) is 0 Å². The van der Waals surface area contributed by atoms with Gasteiger partial charge in [0.1, 0.15) is 0 Å². The molecule has 0 heteroatoms. The highest BCUT2D eigenvalue weighted by molar-refractivity contribution is 6.19. The third kappa shape index (κ3) is 5.26. The summed E-state index contributed by atoms with van der Waals surface area (Å²) in [5.74, 6) is 0. The van der Waals surface area contributed by atoms with Crippen molar-refractivity contribution in [2.24, 2.45) is 0 Å². The van der Waals surface area contributed by atoms with Crippen LogP contribution in [0.4, 0.5) is 0 Å². The molecule has 0 amide bonds. The Hall–Kier alpha value is -3.38. The molecule has 0 saturated carbocycles. The van der Waals surface area contributed by atoms with Crippen LogP contribution < -0.4 is 0 Å².